The normalized spacial score (nSPS) is 10.3. The monoisotopic (exact) mass is 160 g/mol. The van der Waals surface area contributed by atoms with Gasteiger partial charge in [-0.25, -0.2) is 0 Å². The van der Waals surface area contributed by atoms with E-state index in [9.17, 15) is 0 Å². The van der Waals surface area contributed by atoms with Crippen LogP contribution >= 0.6 is 0 Å². The second-order valence-corrected chi connectivity index (χ2v) is 2.54. The van der Waals surface area contributed by atoms with Gasteiger partial charge in [0.15, 0.2) is 0 Å². The topological polar surface area (TPSA) is 49.9 Å². The highest BCUT2D eigenvalue weighted by Gasteiger charge is 1.83. The van der Waals surface area contributed by atoms with E-state index in [1.54, 1.807) is 0 Å². The van der Waals surface area contributed by atoms with Crippen LogP contribution in [0.25, 0.3) is 6.08 Å². The van der Waals surface area contributed by atoms with E-state index in [4.69, 9.17) is 11.1 Å². The Morgan fingerprint density at radius 1 is 1.33 bits per heavy atom. The van der Waals surface area contributed by atoms with Gasteiger partial charge in [0, 0.05) is 6.42 Å². The van der Waals surface area contributed by atoms with Gasteiger partial charge in [-0.3, -0.25) is 5.41 Å². The van der Waals surface area contributed by atoms with Crippen molar-refractivity contribution < 1.29 is 0 Å². The zero-order chi connectivity index (χ0) is 8.81. The van der Waals surface area contributed by atoms with Gasteiger partial charge in [0.05, 0.1) is 5.84 Å². The van der Waals surface area contributed by atoms with Crippen LogP contribution in [0.1, 0.15) is 12.0 Å². The van der Waals surface area contributed by atoms with Gasteiger partial charge < -0.3 is 5.73 Å². The Labute approximate surface area is 72.2 Å². The van der Waals surface area contributed by atoms with Crippen LogP contribution in [-0.4, -0.2) is 5.84 Å². The van der Waals surface area contributed by atoms with Gasteiger partial charge in [0.2, 0.25) is 0 Å². The van der Waals surface area contributed by atoms with Crippen LogP contribution in [0, 0.1) is 5.41 Å². The maximum Gasteiger partial charge on any atom is 0.0943 e. The first kappa shape index (κ1) is 8.53. The molecular formula is C10H12N2. The van der Waals surface area contributed by atoms with Crippen LogP contribution in [-0.2, 0) is 0 Å². The molecule has 0 saturated heterocycles. The Morgan fingerprint density at radius 3 is 2.58 bits per heavy atom. The van der Waals surface area contributed by atoms with Crippen molar-refractivity contribution in [3.8, 4) is 0 Å². The molecule has 0 aromatic heterocycles. The van der Waals surface area contributed by atoms with E-state index in [-0.39, 0.29) is 5.84 Å². The summed E-state index contributed by atoms with van der Waals surface area (Å²) >= 11 is 0. The second-order valence-electron chi connectivity index (χ2n) is 2.54. The fourth-order valence-electron chi connectivity index (χ4n) is 0.886. The Bertz CT molecular complexity index is 275. The second kappa shape index (κ2) is 4.34. The average molecular weight is 160 g/mol. The van der Waals surface area contributed by atoms with Crippen LogP contribution < -0.4 is 5.73 Å². The third kappa shape index (κ3) is 3.01. The Kier molecular flexibility index (Phi) is 3.08. The van der Waals surface area contributed by atoms with Crippen molar-refractivity contribution in [1.82, 2.24) is 0 Å². The highest BCUT2D eigenvalue weighted by molar-refractivity contribution is 5.79. The third-order valence-corrected chi connectivity index (χ3v) is 1.45. The van der Waals surface area contributed by atoms with Crippen molar-refractivity contribution in [3.05, 3.63) is 42.0 Å². The summed E-state index contributed by atoms with van der Waals surface area (Å²) in [4.78, 5) is 0. The first-order chi connectivity index (χ1) is 5.79. The van der Waals surface area contributed by atoms with Gasteiger partial charge in [-0.05, 0) is 5.56 Å². The lowest BCUT2D eigenvalue weighted by Gasteiger charge is -1.91. The lowest BCUT2D eigenvalue weighted by molar-refractivity contribution is 1.32. The first-order valence-electron chi connectivity index (χ1n) is 3.83. The van der Waals surface area contributed by atoms with Crippen molar-refractivity contribution in [2.75, 3.05) is 0 Å². The molecule has 0 fully saturated rings. The van der Waals surface area contributed by atoms with Gasteiger partial charge in [0.25, 0.3) is 0 Å². The lowest BCUT2D eigenvalue weighted by Crippen LogP contribution is -2.06. The van der Waals surface area contributed by atoms with Gasteiger partial charge in [-0.1, -0.05) is 42.5 Å². The van der Waals surface area contributed by atoms with Crippen molar-refractivity contribution in [1.29, 1.82) is 5.41 Å². The molecule has 3 N–H and O–H groups in total. The maximum atomic E-state index is 6.99. The molecule has 0 amide bonds. The van der Waals surface area contributed by atoms with Gasteiger partial charge >= 0.3 is 0 Å². The SMILES string of the molecule is N=C(N)CC=Cc1ccccc1. The number of hydrogen-bond donors (Lipinski definition) is 2. The molecule has 0 saturated carbocycles. The smallest absolute Gasteiger partial charge is 0.0943 e. The fraction of sp³-hybridized carbons (Fsp3) is 0.100. The highest BCUT2D eigenvalue weighted by atomic mass is 14.7. The third-order valence-electron chi connectivity index (χ3n) is 1.45. The summed E-state index contributed by atoms with van der Waals surface area (Å²) in [6.45, 7) is 0. The number of amidine groups is 1. The Balaban J connectivity index is 2.52. The van der Waals surface area contributed by atoms with Crippen molar-refractivity contribution >= 4 is 11.9 Å². The van der Waals surface area contributed by atoms with E-state index in [1.807, 2.05) is 42.5 Å². The summed E-state index contributed by atoms with van der Waals surface area (Å²) in [6, 6.07) is 9.95. The molecule has 0 aliphatic carbocycles. The van der Waals surface area contributed by atoms with E-state index in [1.165, 1.54) is 0 Å². The summed E-state index contributed by atoms with van der Waals surface area (Å²) in [5.41, 5.74) is 6.33. The summed E-state index contributed by atoms with van der Waals surface area (Å²) in [6.07, 6.45) is 4.37. The summed E-state index contributed by atoms with van der Waals surface area (Å²) in [5.74, 6) is 0.196. The minimum atomic E-state index is 0.196. The summed E-state index contributed by atoms with van der Waals surface area (Å²) < 4.78 is 0. The number of hydrogen-bond acceptors (Lipinski definition) is 1. The van der Waals surface area contributed by atoms with Crippen LogP contribution in [0.3, 0.4) is 0 Å². The van der Waals surface area contributed by atoms with Crippen LogP contribution in [0.5, 0.6) is 0 Å². The molecule has 0 atom stereocenters. The maximum absolute atomic E-state index is 6.99. The Morgan fingerprint density at radius 2 is 2.00 bits per heavy atom. The standard InChI is InChI=1S/C10H12N2/c11-10(12)8-4-7-9-5-2-1-3-6-9/h1-7H,8H2,(H3,11,12). The molecule has 62 valence electrons. The molecular weight excluding hydrogens is 148 g/mol. The minimum Gasteiger partial charge on any atom is -0.387 e. The minimum absolute atomic E-state index is 0.196. The Hall–Kier alpha value is -1.57. The van der Waals surface area contributed by atoms with Gasteiger partial charge in [0.1, 0.15) is 0 Å². The van der Waals surface area contributed by atoms with E-state index in [0.29, 0.717) is 6.42 Å². The molecule has 1 aromatic carbocycles. The highest BCUT2D eigenvalue weighted by Crippen LogP contribution is 2.01. The lowest BCUT2D eigenvalue weighted by atomic mass is 10.2. The molecule has 0 radical (unpaired) electrons. The molecule has 0 heterocycles. The zero-order valence-corrected chi connectivity index (χ0v) is 6.83. The van der Waals surface area contributed by atoms with E-state index >= 15 is 0 Å². The molecule has 0 aliphatic heterocycles. The average Bonchev–Trinajstić information content (AvgIpc) is 2.05. The predicted octanol–water partition coefficient (Wildman–Crippen LogP) is 2.03. The van der Waals surface area contributed by atoms with Crippen LogP contribution in [0.4, 0.5) is 0 Å². The van der Waals surface area contributed by atoms with Crippen LogP contribution in [0.15, 0.2) is 36.4 Å². The number of rotatable bonds is 3. The predicted molar refractivity (Wildman–Crippen MR) is 52.0 cm³/mol. The molecule has 2 heteroatoms. The first-order valence-corrected chi connectivity index (χ1v) is 3.83. The molecule has 0 bridgehead atoms. The molecule has 1 aromatic rings. The molecule has 2 nitrogen and oxygen atoms in total. The molecule has 12 heavy (non-hydrogen) atoms. The van der Waals surface area contributed by atoms with E-state index in [2.05, 4.69) is 0 Å². The van der Waals surface area contributed by atoms with E-state index < -0.39 is 0 Å². The van der Waals surface area contributed by atoms with Crippen LogP contribution in [0.2, 0.25) is 0 Å². The molecule has 0 spiro atoms. The summed E-state index contributed by atoms with van der Waals surface area (Å²) in [5, 5.41) is 6.99. The van der Waals surface area contributed by atoms with Crippen molar-refractivity contribution in [2.45, 2.75) is 6.42 Å². The van der Waals surface area contributed by atoms with Gasteiger partial charge in [-0.15, -0.1) is 0 Å². The zero-order valence-electron chi connectivity index (χ0n) is 6.83. The largest absolute Gasteiger partial charge is 0.387 e. The molecule has 0 aliphatic rings. The summed E-state index contributed by atoms with van der Waals surface area (Å²) in [7, 11) is 0. The number of benzene rings is 1. The number of nitrogens with one attached hydrogen (secondary N) is 1. The van der Waals surface area contributed by atoms with Crippen molar-refractivity contribution in [3.63, 3.8) is 0 Å². The van der Waals surface area contributed by atoms with E-state index in [0.717, 1.165) is 5.56 Å². The fourth-order valence-corrected chi connectivity index (χ4v) is 0.886. The number of nitrogens with two attached hydrogens (primary N) is 1. The van der Waals surface area contributed by atoms with Crippen molar-refractivity contribution in [2.24, 2.45) is 5.73 Å². The van der Waals surface area contributed by atoms with Gasteiger partial charge in [-0.2, -0.15) is 0 Å². The molecule has 1 rings (SSSR count). The molecule has 0 unspecified atom stereocenters. The quantitative estimate of drug-likeness (QED) is 0.516.